The Balaban J connectivity index is 1.65. The van der Waals surface area contributed by atoms with Crippen molar-refractivity contribution in [1.29, 1.82) is 0 Å². The first-order chi connectivity index (χ1) is 14.7. The number of anilines is 1. The van der Waals surface area contributed by atoms with E-state index in [0.29, 0.717) is 23.8 Å². The Morgan fingerprint density at radius 2 is 1.93 bits per heavy atom. The van der Waals surface area contributed by atoms with E-state index in [1.54, 1.807) is 18.2 Å². The number of halogens is 1. The van der Waals surface area contributed by atoms with Crippen molar-refractivity contribution in [3.63, 3.8) is 0 Å². The van der Waals surface area contributed by atoms with Crippen LogP contribution in [0.1, 0.15) is 22.9 Å². The molecule has 1 atom stereocenters. The van der Waals surface area contributed by atoms with Gasteiger partial charge in [0.15, 0.2) is 0 Å². The molecule has 1 radical (unpaired) electrons. The second-order valence-corrected chi connectivity index (χ2v) is 7.84. The van der Waals surface area contributed by atoms with Gasteiger partial charge in [0.2, 0.25) is 0 Å². The summed E-state index contributed by atoms with van der Waals surface area (Å²) in [5.41, 5.74) is 4.60. The molecular weight excluding hydrogens is 398 g/mol. The Morgan fingerprint density at radius 1 is 1.10 bits per heavy atom. The lowest BCUT2D eigenvalue weighted by Crippen LogP contribution is -2.36. The second kappa shape index (κ2) is 8.01. The molecule has 1 unspecified atom stereocenters. The normalized spacial score (nSPS) is 15.4. The predicted molar refractivity (Wildman–Crippen MR) is 118 cm³/mol. The van der Waals surface area contributed by atoms with Crippen LogP contribution in [0.2, 0.25) is 5.02 Å². The van der Waals surface area contributed by atoms with Crippen molar-refractivity contribution >= 4 is 28.3 Å². The molecule has 2 heterocycles. The van der Waals surface area contributed by atoms with Gasteiger partial charge < -0.3 is 19.7 Å². The number of aromatic amines is 1. The summed E-state index contributed by atoms with van der Waals surface area (Å²) < 4.78 is 5.49. The molecule has 5 nitrogen and oxygen atoms in total. The Bertz CT molecular complexity index is 1150. The quantitative estimate of drug-likeness (QED) is 0.502. The molecule has 6 heteroatoms. The smallest absolute Gasteiger partial charge is 0.119 e. The zero-order chi connectivity index (χ0) is 20.5. The summed E-state index contributed by atoms with van der Waals surface area (Å²) in [6, 6.07) is 22.4. The topological polar surface area (TPSA) is 61.4 Å². The van der Waals surface area contributed by atoms with Crippen LogP contribution in [-0.2, 0) is 4.74 Å². The van der Waals surface area contributed by atoms with Gasteiger partial charge in [-0.05, 0) is 60.2 Å². The van der Waals surface area contributed by atoms with Gasteiger partial charge in [-0.2, -0.15) is 0 Å². The number of hydrogen-bond donors (Lipinski definition) is 2. The fraction of sp³-hybridized carbons (Fsp3) is 0.208. The SMILES string of the molecule is Oc1ccc(Cl)cc1C(c1c[c]cc(N2CCOCC2)c1)c1nc2ccccc2[nH]1. The fourth-order valence-electron chi connectivity index (χ4n) is 4.00. The average molecular weight is 419 g/mol. The molecule has 0 bridgehead atoms. The molecule has 1 fully saturated rings. The van der Waals surface area contributed by atoms with E-state index in [4.69, 9.17) is 21.3 Å². The predicted octanol–water partition coefficient (Wildman–Crippen LogP) is 4.74. The molecule has 1 aromatic heterocycles. The van der Waals surface area contributed by atoms with Gasteiger partial charge in [0.25, 0.3) is 0 Å². The molecule has 1 aliphatic heterocycles. The molecule has 1 saturated heterocycles. The summed E-state index contributed by atoms with van der Waals surface area (Å²) in [6.45, 7) is 3.11. The highest BCUT2D eigenvalue weighted by molar-refractivity contribution is 6.30. The van der Waals surface area contributed by atoms with E-state index in [-0.39, 0.29) is 11.7 Å². The molecule has 3 aromatic carbocycles. The highest BCUT2D eigenvalue weighted by Crippen LogP contribution is 2.38. The van der Waals surface area contributed by atoms with Gasteiger partial charge in [-0.15, -0.1) is 0 Å². The van der Waals surface area contributed by atoms with Crippen molar-refractivity contribution < 1.29 is 9.84 Å². The number of aromatic hydroxyl groups is 1. The van der Waals surface area contributed by atoms with E-state index in [2.05, 4.69) is 22.0 Å². The number of benzene rings is 3. The van der Waals surface area contributed by atoms with Crippen LogP contribution < -0.4 is 4.90 Å². The van der Waals surface area contributed by atoms with Crippen molar-refractivity contribution in [3.05, 3.63) is 88.7 Å². The largest absolute Gasteiger partial charge is 0.508 e. The summed E-state index contributed by atoms with van der Waals surface area (Å²) in [5, 5.41) is 11.3. The number of nitrogens with zero attached hydrogens (tertiary/aromatic N) is 2. The third kappa shape index (κ3) is 3.62. The summed E-state index contributed by atoms with van der Waals surface area (Å²) in [6.07, 6.45) is 0. The molecule has 0 amide bonds. The van der Waals surface area contributed by atoms with Crippen molar-refractivity contribution in [2.75, 3.05) is 31.2 Å². The first-order valence-corrected chi connectivity index (χ1v) is 10.3. The number of para-hydroxylation sites is 2. The zero-order valence-corrected chi connectivity index (χ0v) is 17.1. The summed E-state index contributed by atoms with van der Waals surface area (Å²) >= 11 is 6.30. The van der Waals surface area contributed by atoms with Crippen molar-refractivity contribution in [3.8, 4) is 5.75 Å². The van der Waals surface area contributed by atoms with Crippen molar-refractivity contribution in [2.45, 2.75) is 5.92 Å². The average Bonchev–Trinajstić information content (AvgIpc) is 3.21. The number of fused-ring (bicyclic) bond motifs is 1. The Kier molecular flexibility index (Phi) is 5.07. The van der Waals surface area contributed by atoms with E-state index in [1.807, 2.05) is 36.4 Å². The van der Waals surface area contributed by atoms with Crippen LogP contribution in [-0.4, -0.2) is 41.4 Å². The number of ether oxygens (including phenoxy) is 1. The number of imidazole rings is 1. The molecule has 0 saturated carbocycles. The van der Waals surface area contributed by atoms with Gasteiger partial charge in [0, 0.05) is 29.4 Å². The molecule has 0 aliphatic carbocycles. The maximum Gasteiger partial charge on any atom is 0.119 e. The molecule has 5 rings (SSSR count). The van der Waals surface area contributed by atoms with E-state index in [0.717, 1.165) is 41.2 Å². The monoisotopic (exact) mass is 418 g/mol. The standard InChI is InChI=1S/C24H21ClN3O2/c25-17-8-9-22(29)19(15-17)23(24-26-20-6-1-2-7-21(20)27-24)16-4-3-5-18(14-16)28-10-12-30-13-11-28/h1-2,4-9,14-15,23,29H,10-13H2,(H,26,27). The highest BCUT2D eigenvalue weighted by Gasteiger charge is 2.25. The van der Waals surface area contributed by atoms with Gasteiger partial charge in [-0.1, -0.05) is 23.7 Å². The maximum atomic E-state index is 10.7. The molecule has 0 spiro atoms. The summed E-state index contributed by atoms with van der Waals surface area (Å²) in [4.78, 5) is 10.5. The number of aromatic nitrogens is 2. The van der Waals surface area contributed by atoms with Crippen LogP contribution in [0.15, 0.2) is 60.7 Å². The van der Waals surface area contributed by atoms with Crippen LogP contribution in [0.25, 0.3) is 11.0 Å². The third-order valence-electron chi connectivity index (χ3n) is 5.49. The van der Waals surface area contributed by atoms with Crippen LogP contribution in [0.5, 0.6) is 5.75 Å². The molecule has 1 aliphatic rings. The minimum Gasteiger partial charge on any atom is -0.508 e. The maximum absolute atomic E-state index is 10.7. The van der Waals surface area contributed by atoms with Gasteiger partial charge in [-0.25, -0.2) is 4.98 Å². The van der Waals surface area contributed by atoms with E-state index in [9.17, 15) is 5.11 Å². The molecule has 4 aromatic rings. The number of phenols is 1. The first kappa shape index (κ1) is 19.0. The number of morpholine rings is 1. The summed E-state index contributed by atoms with van der Waals surface area (Å²) in [5.74, 6) is 0.622. The van der Waals surface area contributed by atoms with Crippen LogP contribution in [0, 0.1) is 6.07 Å². The van der Waals surface area contributed by atoms with E-state index >= 15 is 0 Å². The van der Waals surface area contributed by atoms with E-state index < -0.39 is 0 Å². The van der Waals surface area contributed by atoms with Crippen LogP contribution in [0.4, 0.5) is 5.69 Å². The Morgan fingerprint density at radius 3 is 2.77 bits per heavy atom. The third-order valence-corrected chi connectivity index (χ3v) is 5.72. The Hall–Kier alpha value is -3.02. The number of H-pyrrole nitrogens is 1. The second-order valence-electron chi connectivity index (χ2n) is 7.40. The minimum atomic E-state index is -0.312. The first-order valence-electron chi connectivity index (χ1n) is 9.96. The summed E-state index contributed by atoms with van der Waals surface area (Å²) in [7, 11) is 0. The molecule has 151 valence electrons. The lowest BCUT2D eigenvalue weighted by molar-refractivity contribution is 0.122. The van der Waals surface area contributed by atoms with Gasteiger partial charge in [0.1, 0.15) is 11.6 Å². The lowest BCUT2D eigenvalue weighted by Gasteiger charge is -2.29. The van der Waals surface area contributed by atoms with Crippen LogP contribution >= 0.6 is 11.6 Å². The molecule has 2 N–H and O–H groups in total. The highest BCUT2D eigenvalue weighted by atomic mass is 35.5. The van der Waals surface area contributed by atoms with Gasteiger partial charge in [0.05, 0.1) is 30.2 Å². The van der Waals surface area contributed by atoms with Crippen LogP contribution in [0.3, 0.4) is 0 Å². The lowest BCUT2D eigenvalue weighted by atomic mass is 9.89. The molecule has 30 heavy (non-hydrogen) atoms. The van der Waals surface area contributed by atoms with E-state index in [1.165, 1.54) is 0 Å². The number of rotatable bonds is 4. The molecular formula is C24H21ClN3O2. The van der Waals surface area contributed by atoms with Crippen molar-refractivity contribution in [1.82, 2.24) is 9.97 Å². The Labute approximate surface area is 179 Å². The number of hydrogen-bond acceptors (Lipinski definition) is 4. The minimum absolute atomic E-state index is 0.182. The number of nitrogens with one attached hydrogen (secondary N) is 1. The fourth-order valence-corrected chi connectivity index (χ4v) is 4.18. The van der Waals surface area contributed by atoms with Gasteiger partial charge in [-0.3, -0.25) is 0 Å². The van der Waals surface area contributed by atoms with Crippen molar-refractivity contribution in [2.24, 2.45) is 0 Å². The zero-order valence-electron chi connectivity index (χ0n) is 16.3. The number of phenolic OH excluding ortho intramolecular Hbond substituents is 1. The van der Waals surface area contributed by atoms with Gasteiger partial charge >= 0.3 is 0 Å².